The predicted octanol–water partition coefficient (Wildman–Crippen LogP) is 2.63. The first-order valence-corrected chi connectivity index (χ1v) is 7.37. The van der Waals surface area contributed by atoms with Crippen LogP contribution >= 0.6 is 0 Å². The fraction of sp³-hybridized carbons (Fsp3) is 0.533. The number of benzene rings is 1. The number of likely N-dealkylation sites (tertiary alicyclic amines) is 1. The first-order chi connectivity index (χ1) is 10.6. The quantitative estimate of drug-likeness (QED) is 0.617. The maximum absolute atomic E-state index is 12.6. The van der Waals surface area contributed by atoms with E-state index in [0.717, 1.165) is 19.3 Å². The normalized spacial score (nSPS) is 14.5. The SMILES string of the molecule is CCOc1cc(C(=O)N2CCCCC2)c([N+](=O)[O-])cc1OC. The van der Waals surface area contributed by atoms with Crippen molar-refractivity contribution < 1.29 is 19.2 Å². The van der Waals surface area contributed by atoms with Crippen LogP contribution in [0.5, 0.6) is 11.5 Å². The number of hydrogen-bond acceptors (Lipinski definition) is 5. The Balaban J connectivity index is 2.44. The molecule has 1 amide bonds. The molecular weight excluding hydrogens is 288 g/mol. The molecule has 0 aliphatic carbocycles. The summed E-state index contributed by atoms with van der Waals surface area (Å²) < 4.78 is 10.5. The summed E-state index contributed by atoms with van der Waals surface area (Å²) in [6.07, 6.45) is 2.93. The second kappa shape index (κ2) is 7.11. The highest BCUT2D eigenvalue weighted by Crippen LogP contribution is 2.35. The minimum atomic E-state index is -0.560. The van der Waals surface area contributed by atoms with Gasteiger partial charge in [-0.2, -0.15) is 0 Å². The molecule has 0 spiro atoms. The van der Waals surface area contributed by atoms with Gasteiger partial charge in [-0.3, -0.25) is 14.9 Å². The molecule has 0 radical (unpaired) electrons. The van der Waals surface area contributed by atoms with Gasteiger partial charge in [-0.1, -0.05) is 0 Å². The van der Waals surface area contributed by atoms with Gasteiger partial charge < -0.3 is 14.4 Å². The predicted molar refractivity (Wildman–Crippen MR) is 80.6 cm³/mol. The fourth-order valence-corrected chi connectivity index (χ4v) is 2.57. The van der Waals surface area contributed by atoms with Gasteiger partial charge in [-0.05, 0) is 26.2 Å². The molecule has 120 valence electrons. The molecule has 0 unspecified atom stereocenters. The van der Waals surface area contributed by atoms with Gasteiger partial charge in [0.25, 0.3) is 11.6 Å². The van der Waals surface area contributed by atoms with Crippen LogP contribution in [0.1, 0.15) is 36.5 Å². The minimum Gasteiger partial charge on any atom is -0.493 e. The van der Waals surface area contributed by atoms with Crippen molar-refractivity contribution in [3.63, 3.8) is 0 Å². The number of carbonyl (C=O) groups is 1. The van der Waals surface area contributed by atoms with Crippen molar-refractivity contribution in [2.24, 2.45) is 0 Å². The largest absolute Gasteiger partial charge is 0.493 e. The Hall–Kier alpha value is -2.31. The Labute approximate surface area is 129 Å². The maximum Gasteiger partial charge on any atom is 0.286 e. The summed E-state index contributed by atoms with van der Waals surface area (Å²) in [5.74, 6) is 0.273. The molecule has 0 saturated carbocycles. The van der Waals surface area contributed by atoms with Gasteiger partial charge in [0, 0.05) is 19.2 Å². The number of ether oxygens (including phenoxy) is 2. The van der Waals surface area contributed by atoms with E-state index >= 15 is 0 Å². The number of carbonyl (C=O) groups excluding carboxylic acids is 1. The van der Waals surface area contributed by atoms with Gasteiger partial charge in [0.1, 0.15) is 5.56 Å². The molecular formula is C15H20N2O5. The van der Waals surface area contributed by atoms with Crippen LogP contribution in [0.2, 0.25) is 0 Å². The van der Waals surface area contributed by atoms with E-state index in [1.165, 1.54) is 19.2 Å². The second-order valence-electron chi connectivity index (χ2n) is 5.06. The van der Waals surface area contributed by atoms with Crippen LogP contribution in [-0.4, -0.2) is 42.5 Å². The van der Waals surface area contributed by atoms with Crippen molar-refractivity contribution in [3.8, 4) is 11.5 Å². The zero-order chi connectivity index (χ0) is 16.1. The summed E-state index contributed by atoms with van der Waals surface area (Å²) in [6.45, 7) is 3.44. The monoisotopic (exact) mass is 308 g/mol. The van der Waals surface area contributed by atoms with Crippen molar-refractivity contribution in [1.29, 1.82) is 0 Å². The van der Waals surface area contributed by atoms with Crippen LogP contribution in [0.3, 0.4) is 0 Å². The standard InChI is InChI=1S/C15H20N2O5/c1-3-22-14-9-11(12(17(19)20)10-13(14)21-2)15(18)16-7-5-4-6-8-16/h9-10H,3-8H2,1-2H3. The molecule has 0 N–H and O–H groups in total. The second-order valence-corrected chi connectivity index (χ2v) is 5.06. The molecule has 1 heterocycles. The van der Waals surface area contributed by atoms with E-state index in [-0.39, 0.29) is 22.9 Å². The number of nitrogens with zero attached hydrogens (tertiary/aromatic N) is 2. The average Bonchev–Trinajstić information content (AvgIpc) is 2.54. The van der Waals surface area contributed by atoms with Crippen LogP contribution in [0, 0.1) is 10.1 Å². The van der Waals surface area contributed by atoms with E-state index in [0.29, 0.717) is 25.4 Å². The molecule has 0 atom stereocenters. The Morgan fingerprint density at radius 2 is 1.95 bits per heavy atom. The fourth-order valence-electron chi connectivity index (χ4n) is 2.57. The molecule has 7 heteroatoms. The highest BCUT2D eigenvalue weighted by molar-refractivity contribution is 5.99. The Bertz CT molecular complexity index is 567. The third kappa shape index (κ3) is 3.29. The van der Waals surface area contributed by atoms with E-state index in [1.807, 2.05) is 0 Å². The van der Waals surface area contributed by atoms with Crippen molar-refractivity contribution in [1.82, 2.24) is 4.90 Å². The van der Waals surface area contributed by atoms with Crippen LogP contribution in [0.4, 0.5) is 5.69 Å². The minimum absolute atomic E-state index is 0.0520. The lowest BCUT2D eigenvalue weighted by Crippen LogP contribution is -2.35. The number of rotatable bonds is 5. The van der Waals surface area contributed by atoms with Gasteiger partial charge in [0.05, 0.1) is 24.7 Å². The maximum atomic E-state index is 12.6. The van der Waals surface area contributed by atoms with Gasteiger partial charge >= 0.3 is 0 Å². The van der Waals surface area contributed by atoms with E-state index in [2.05, 4.69) is 0 Å². The smallest absolute Gasteiger partial charge is 0.286 e. The summed E-state index contributed by atoms with van der Waals surface area (Å²) in [6, 6.07) is 2.67. The first kappa shape index (κ1) is 16.1. The first-order valence-electron chi connectivity index (χ1n) is 7.37. The zero-order valence-electron chi connectivity index (χ0n) is 12.8. The van der Waals surface area contributed by atoms with Gasteiger partial charge in [0.15, 0.2) is 11.5 Å². The van der Waals surface area contributed by atoms with Crippen LogP contribution in [0.25, 0.3) is 0 Å². The molecule has 1 aliphatic rings. The number of nitro groups is 1. The summed E-state index contributed by atoms with van der Waals surface area (Å²) >= 11 is 0. The third-order valence-corrected chi connectivity index (χ3v) is 3.65. The van der Waals surface area contributed by atoms with Crippen LogP contribution < -0.4 is 9.47 Å². The zero-order valence-corrected chi connectivity index (χ0v) is 12.8. The third-order valence-electron chi connectivity index (χ3n) is 3.65. The highest BCUT2D eigenvalue weighted by atomic mass is 16.6. The summed E-state index contributed by atoms with van der Waals surface area (Å²) in [5.41, 5.74) is -0.202. The summed E-state index contributed by atoms with van der Waals surface area (Å²) in [5, 5.41) is 11.3. The Morgan fingerprint density at radius 1 is 1.27 bits per heavy atom. The number of hydrogen-bond donors (Lipinski definition) is 0. The molecule has 1 saturated heterocycles. The van der Waals surface area contributed by atoms with Crippen molar-refractivity contribution in [3.05, 3.63) is 27.8 Å². The number of piperidine rings is 1. The molecule has 0 bridgehead atoms. The van der Waals surface area contributed by atoms with E-state index < -0.39 is 4.92 Å². The number of nitro benzene ring substituents is 1. The lowest BCUT2D eigenvalue weighted by molar-refractivity contribution is -0.385. The van der Waals surface area contributed by atoms with Gasteiger partial charge in [-0.15, -0.1) is 0 Å². The highest BCUT2D eigenvalue weighted by Gasteiger charge is 2.28. The molecule has 0 aromatic heterocycles. The lowest BCUT2D eigenvalue weighted by atomic mass is 10.1. The molecule has 1 fully saturated rings. The molecule has 1 aromatic carbocycles. The lowest BCUT2D eigenvalue weighted by Gasteiger charge is -2.26. The van der Waals surface area contributed by atoms with Crippen molar-refractivity contribution in [2.45, 2.75) is 26.2 Å². The summed E-state index contributed by atoms with van der Waals surface area (Å²) in [4.78, 5) is 25.0. The number of amides is 1. The van der Waals surface area contributed by atoms with E-state index in [1.54, 1.807) is 11.8 Å². The number of methoxy groups -OCH3 is 1. The van der Waals surface area contributed by atoms with Crippen molar-refractivity contribution in [2.75, 3.05) is 26.8 Å². The van der Waals surface area contributed by atoms with Crippen LogP contribution in [-0.2, 0) is 0 Å². The summed E-state index contributed by atoms with van der Waals surface area (Å²) in [7, 11) is 1.41. The van der Waals surface area contributed by atoms with Crippen molar-refractivity contribution >= 4 is 11.6 Å². The molecule has 2 rings (SSSR count). The van der Waals surface area contributed by atoms with Gasteiger partial charge in [0.2, 0.25) is 0 Å². The van der Waals surface area contributed by atoms with Gasteiger partial charge in [-0.25, -0.2) is 0 Å². The molecule has 22 heavy (non-hydrogen) atoms. The Kier molecular flexibility index (Phi) is 5.19. The topological polar surface area (TPSA) is 81.9 Å². The molecule has 1 aromatic rings. The molecule has 1 aliphatic heterocycles. The van der Waals surface area contributed by atoms with Crippen LogP contribution in [0.15, 0.2) is 12.1 Å². The van der Waals surface area contributed by atoms with E-state index in [9.17, 15) is 14.9 Å². The Morgan fingerprint density at radius 3 is 2.50 bits per heavy atom. The molecule has 7 nitrogen and oxygen atoms in total. The van der Waals surface area contributed by atoms with E-state index in [4.69, 9.17) is 9.47 Å². The average molecular weight is 308 g/mol.